The summed E-state index contributed by atoms with van der Waals surface area (Å²) < 4.78 is 0. The number of carbonyl (C=O) groups excluding carboxylic acids is 2. The second kappa shape index (κ2) is 6.71. The first kappa shape index (κ1) is 16.0. The predicted octanol–water partition coefficient (Wildman–Crippen LogP) is 1.55. The molecule has 0 saturated carbocycles. The van der Waals surface area contributed by atoms with E-state index in [0.29, 0.717) is 19.5 Å². The summed E-state index contributed by atoms with van der Waals surface area (Å²) in [5.41, 5.74) is 6.87. The van der Waals surface area contributed by atoms with Gasteiger partial charge in [-0.15, -0.1) is 0 Å². The van der Waals surface area contributed by atoms with Gasteiger partial charge in [0.25, 0.3) is 0 Å². The molecule has 0 spiro atoms. The maximum atomic E-state index is 12.8. The summed E-state index contributed by atoms with van der Waals surface area (Å²) in [6.45, 7) is 3.83. The standard InChI is InChI=1S/C18H25N3O2/c1-13(14-6-3-2-4-7-14)21-12-15(10-17(21)22)18(23)20-9-5-8-16(20)11-19/h2-4,6-7,13,15-16H,5,8-12,19H2,1H3. The zero-order valence-electron chi connectivity index (χ0n) is 13.6. The Morgan fingerprint density at radius 2 is 2.09 bits per heavy atom. The summed E-state index contributed by atoms with van der Waals surface area (Å²) in [6, 6.07) is 10.1. The van der Waals surface area contributed by atoms with Crippen molar-refractivity contribution in [1.29, 1.82) is 0 Å². The van der Waals surface area contributed by atoms with Gasteiger partial charge in [0.15, 0.2) is 0 Å². The van der Waals surface area contributed by atoms with Crippen molar-refractivity contribution in [2.75, 3.05) is 19.6 Å². The molecule has 124 valence electrons. The highest BCUT2D eigenvalue weighted by Gasteiger charge is 2.40. The van der Waals surface area contributed by atoms with Crippen molar-refractivity contribution >= 4 is 11.8 Å². The molecule has 2 aliphatic rings. The van der Waals surface area contributed by atoms with E-state index >= 15 is 0 Å². The lowest BCUT2D eigenvalue weighted by Crippen LogP contribution is -2.43. The van der Waals surface area contributed by atoms with Crippen LogP contribution in [0.5, 0.6) is 0 Å². The molecule has 3 atom stereocenters. The second-order valence-electron chi connectivity index (χ2n) is 6.60. The Kier molecular flexibility index (Phi) is 4.66. The molecule has 3 rings (SSSR count). The minimum absolute atomic E-state index is 0.00498. The van der Waals surface area contributed by atoms with E-state index in [1.54, 1.807) is 0 Å². The van der Waals surface area contributed by atoms with Crippen molar-refractivity contribution < 1.29 is 9.59 Å². The summed E-state index contributed by atoms with van der Waals surface area (Å²) in [7, 11) is 0. The average Bonchev–Trinajstić information content (AvgIpc) is 3.20. The molecule has 2 saturated heterocycles. The van der Waals surface area contributed by atoms with Crippen LogP contribution in [0.2, 0.25) is 0 Å². The van der Waals surface area contributed by atoms with Gasteiger partial charge in [-0.1, -0.05) is 30.3 Å². The monoisotopic (exact) mass is 315 g/mol. The lowest BCUT2D eigenvalue weighted by atomic mass is 10.1. The van der Waals surface area contributed by atoms with Crippen molar-refractivity contribution in [3.63, 3.8) is 0 Å². The highest BCUT2D eigenvalue weighted by Crippen LogP contribution is 2.30. The van der Waals surface area contributed by atoms with E-state index in [-0.39, 0.29) is 29.8 Å². The van der Waals surface area contributed by atoms with Crippen LogP contribution in [-0.2, 0) is 9.59 Å². The first-order valence-corrected chi connectivity index (χ1v) is 8.46. The summed E-state index contributed by atoms with van der Waals surface area (Å²) in [5.74, 6) is -0.0435. The molecule has 1 aromatic rings. The van der Waals surface area contributed by atoms with E-state index in [1.807, 2.05) is 47.1 Å². The Balaban J connectivity index is 1.69. The highest BCUT2D eigenvalue weighted by atomic mass is 16.2. The molecule has 1 aromatic carbocycles. The quantitative estimate of drug-likeness (QED) is 0.916. The number of hydrogen-bond donors (Lipinski definition) is 1. The molecule has 3 unspecified atom stereocenters. The Morgan fingerprint density at radius 1 is 1.35 bits per heavy atom. The Hall–Kier alpha value is -1.88. The molecular formula is C18H25N3O2. The fourth-order valence-corrected chi connectivity index (χ4v) is 3.79. The number of likely N-dealkylation sites (tertiary alicyclic amines) is 2. The molecular weight excluding hydrogens is 290 g/mol. The summed E-state index contributed by atoms with van der Waals surface area (Å²) in [4.78, 5) is 28.9. The van der Waals surface area contributed by atoms with Crippen LogP contribution >= 0.6 is 0 Å². The van der Waals surface area contributed by atoms with Gasteiger partial charge in [0.1, 0.15) is 0 Å². The van der Waals surface area contributed by atoms with Crippen molar-refractivity contribution in [3.05, 3.63) is 35.9 Å². The van der Waals surface area contributed by atoms with Gasteiger partial charge in [-0.25, -0.2) is 0 Å². The number of amides is 2. The lowest BCUT2D eigenvalue weighted by molar-refractivity contribution is -0.136. The molecule has 2 N–H and O–H groups in total. The zero-order chi connectivity index (χ0) is 16.4. The fraction of sp³-hybridized carbons (Fsp3) is 0.556. The SMILES string of the molecule is CC(c1ccccc1)N1CC(C(=O)N2CCCC2CN)CC1=O. The Bertz CT molecular complexity index is 575. The van der Waals surface area contributed by atoms with Crippen LogP contribution in [-0.4, -0.2) is 47.3 Å². The predicted molar refractivity (Wildman–Crippen MR) is 88.5 cm³/mol. The van der Waals surface area contributed by atoms with E-state index in [1.165, 1.54) is 0 Å². The summed E-state index contributed by atoms with van der Waals surface area (Å²) >= 11 is 0. The third-order valence-corrected chi connectivity index (χ3v) is 5.19. The molecule has 5 nitrogen and oxygen atoms in total. The van der Waals surface area contributed by atoms with E-state index in [2.05, 4.69) is 0 Å². The van der Waals surface area contributed by atoms with Crippen molar-refractivity contribution in [2.24, 2.45) is 11.7 Å². The van der Waals surface area contributed by atoms with Crippen LogP contribution < -0.4 is 5.73 Å². The van der Waals surface area contributed by atoms with Crippen LogP contribution in [0.15, 0.2) is 30.3 Å². The van der Waals surface area contributed by atoms with Gasteiger partial charge in [-0.05, 0) is 25.3 Å². The zero-order valence-corrected chi connectivity index (χ0v) is 13.6. The second-order valence-corrected chi connectivity index (χ2v) is 6.60. The normalized spacial score (nSPS) is 25.9. The molecule has 0 bridgehead atoms. The maximum Gasteiger partial charge on any atom is 0.228 e. The first-order valence-electron chi connectivity index (χ1n) is 8.46. The Morgan fingerprint density at radius 3 is 2.78 bits per heavy atom. The highest BCUT2D eigenvalue weighted by molar-refractivity contribution is 5.89. The fourth-order valence-electron chi connectivity index (χ4n) is 3.79. The number of nitrogens with zero attached hydrogens (tertiary/aromatic N) is 2. The van der Waals surface area contributed by atoms with E-state index in [4.69, 9.17) is 5.73 Å². The third-order valence-electron chi connectivity index (χ3n) is 5.19. The average molecular weight is 315 g/mol. The molecule has 0 radical (unpaired) electrons. The first-order chi connectivity index (χ1) is 11.1. The lowest BCUT2D eigenvalue weighted by Gasteiger charge is -2.28. The number of benzene rings is 1. The minimum Gasteiger partial charge on any atom is -0.338 e. The smallest absolute Gasteiger partial charge is 0.228 e. The van der Waals surface area contributed by atoms with Gasteiger partial charge in [-0.2, -0.15) is 0 Å². The van der Waals surface area contributed by atoms with Gasteiger partial charge in [-0.3, -0.25) is 9.59 Å². The molecule has 2 amide bonds. The van der Waals surface area contributed by atoms with Crippen molar-refractivity contribution in [2.45, 2.75) is 38.3 Å². The van der Waals surface area contributed by atoms with E-state index < -0.39 is 0 Å². The molecule has 2 aliphatic heterocycles. The van der Waals surface area contributed by atoms with Crippen molar-refractivity contribution in [1.82, 2.24) is 9.80 Å². The van der Waals surface area contributed by atoms with E-state index in [9.17, 15) is 9.59 Å². The molecule has 2 fully saturated rings. The van der Waals surface area contributed by atoms with Gasteiger partial charge in [0.05, 0.1) is 12.0 Å². The van der Waals surface area contributed by atoms with Crippen LogP contribution in [0, 0.1) is 5.92 Å². The molecule has 0 aliphatic carbocycles. The molecule has 2 heterocycles. The number of carbonyl (C=O) groups is 2. The van der Waals surface area contributed by atoms with Gasteiger partial charge in [0.2, 0.25) is 11.8 Å². The summed E-state index contributed by atoms with van der Waals surface area (Å²) in [5, 5.41) is 0. The van der Waals surface area contributed by atoms with Crippen LogP contribution in [0.25, 0.3) is 0 Å². The topological polar surface area (TPSA) is 66.6 Å². The molecule has 5 heteroatoms. The van der Waals surface area contributed by atoms with Gasteiger partial charge < -0.3 is 15.5 Å². The van der Waals surface area contributed by atoms with Crippen molar-refractivity contribution in [3.8, 4) is 0 Å². The van der Waals surface area contributed by atoms with Crippen LogP contribution in [0.4, 0.5) is 0 Å². The van der Waals surface area contributed by atoms with Gasteiger partial charge >= 0.3 is 0 Å². The number of nitrogens with two attached hydrogens (primary N) is 1. The largest absolute Gasteiger partial charge is 0.338 e. The molecule has 0 aromatic heterocycles. The molecule has 23 heavy (non-hydrogen) atoms. The van der Waals surface area contributed by atoms with Gasteiger partial charge in [0, 0.05) is 32.1 Å². The third kappa shape index (κ3) is 3.11. The van der Waals surface area contributed by atoms with E-state index in [0.717, 1.165) is 24.9 Å². The number of hydrogen-bond acceptors (Lipinski definition) is 3. The minimum atomic E-state index is -0.221. The maximum absolute atomic E-state index is 12.8. The number of rotatable bonds is 4. The summed E-state index contributed by atoms with van der Waals surface area (Å²) in [6.07, 6.45) is 2.31. The Labute approximate surface area is 137 Å². The van der Waals surface area contributed by atoms with Crippen LogP contribution in [0.1, 0.15) is 37.8 Å². The van der Waals surface area contributed by atoms with Crippen LogP contribution in [0.3, 0.4) is 0 Å².